The molecule has 0 bridgehead atoms. The van der Waals surface area contributed by atoms with Gasteiger partial charge in [0.1, 0.15) is 30.5 Å². The molecule has 65 heavy (non-hydrogen) atoms. The van der Waals surface area contributed by atoms with Crippen LogP contribution in [0.4, 0.5) is 18.9 Å². The number of aliphatic imine (C=N–C) groups is 1. The number of para-hydroxylation sites is 1. The van der Waals surface area contributed by atoms with Crippen molar-refractivity contribution in [1.29, 1.82) is 5.41 Å². The zero-order valence-electron chi connectivity index (χ0n) is 35.6. The number of carbonyl (C=O) groups excluding carboxylic acids is 3. The number of hydrogen-bond donors (Lipinski definition) is 4. The van der Waals surface area contributed by atoms with E-state index < -0.39 is 57.8 Å². The molecule has 346 valence electrons. The van der Waals surface area contributed by atoms with Crippen LogP contribution in [0.25, 0.3) is 11.0 Å². The molecular formula is C43H50F3N11O7S. The molecular weight excluding hydrogens is 872 g/mol. The number of imidazole rings is 1. The Balaban J connectivity index is 0.821. The molecule has 0 radical (unpaired) electrons. The number of fused-ring (bicyclic) bond motifs is 1. The minimum atomic E-state index is -3.14. The third kappa shape index (κ3) is 9.96. The van der Waals surface area contributed by atoms with Gasteiger partial charge in [0.05, 0.1) is 51.5 Å². The Labute approximate surface area is 372 Å². The lowest BCUT2D eigenvalue weighted by Gasteiger charge is -2.38. The Bertz CT molecular complexity index is 2690. The molecule has 0 spiro atoms. The summed E-state index contributed by atoms with van der Waals surface area (Å²) in [6.07, 6.45) is 4.05. The highest BCUT2D eigenvalue weighted by Gasteiger charge is 2.34. The van der Waals surface area contributed by atoms with Crippen molar-refractivity contribution >= 4 is 56.3 Å². The number of anilines is 1. The zero-order chi connectivity index (χ0) is 46.0. The average Bonchev–Trinajstić information content (AvgIpc) is 3.81. The number of amides is 3. The molecule has 4 N–H and O–H groups in total. The third-order valence-electron chi connectivity index (χ3n) is 12.7. The number of nitrogens with zero attached hydrogens (tertiary/aromatic N) is 7. The van der Waals surface area contributed by atoms with Crippen LogP contribution in [0.15, 0.2) is 57.9 Å². The lowest BCUT2D eigenvalue weighted by Crippen LogP contribution is -2.47. The van der Waals surface area contributed by atoms with E-state index in [1.54, 1.807) is 36.2 Å². The standard InChI is InChI=1S/C43H50F3N11O7S/c1-53-38-27(4-2-6-32(38)57(43(53)61)33-11-12-36(58)51-42(33)60)5-3-19-64-34-14-16-54(24-30(34)44)23-26-7-9-28(10-8-26)56-25-31(37(52-56)39(45)46)49-41(59)29(22-47)40-48-15-13-35(50-40)55-17-20-65(62,63)21-18-55/h2,4,6,13,15,22,25-26,28,30,33-34,39,47-48H,7-12,14,16-21,23-24H2,1H3,(H,49,59)(H,51,58,60)/b40-29-,47-22?/t26-,28-,30-,33?,34+/m1/s1. The summed E-state index contributed by atoms with van der Waals surface area (Å²) in [7, 11) is -1.54. The van der Waals surface area contributed by atoms with Crippen LogP contribution in [0.3, 0.4) is 0 Å². The molecule has 22 heteroatoms. The lowest BCUT2D eigenvalue weighted by atomic mass is 9.85. The van der Waals surface area contributed by atoms with Crippen molar-refractivity contribution in [3.63, 3.8) is 0 Å². The van der Waals surface area contributed by atoms with Crippen molar-refractivity contribution in [2.45, 2.75) is 75.7 Å². The first-order chi connectivity index (χ1) is 31.2. The maximum Gasteiger partial charge on any atom is 0.329 e. The number of imide groups is 1. The van der Waals surface area contributed by atoms with Crippen molar-refractivity contribution in [1.82, 2.24) is 39.3 Å². The number of sulfone groups is 1. The number of piperidine rings is 2. The van der Waals surface area contributed by atoms with Crippen LogP contribution in [0.2, 0.25) is 0 Å². The molecule has 6 heterocycles. The van der Waals surface area contributed by atoms with Crippen molar-refractivity contribution in [3.05, 3.63) is 69.8 Å². The first kappa shape index (κ1) is 45.5. The number of halogens is 3. The van der Waals surface area contributed by atoms with Crippen LogP contribution in [0, 0.1) is 23.2 Å². The predicted molar refractivity (Wildman–Crippen MR) is 234 cm³/mol. The monoisotopic (exact) mass is 921 g/mol. The smallest absolute Gasteiger partial charge is 0.329 e. The third-order valence-corrected chi connectivity index (χ3v) is 14.3. The van der Waals surface area contributed by atoms with Gasteiger partial charge in [-0.1, -0.05) is 17.9 Å². The molecule has 1 unspecified atom stereocenters. The van der Waals surface area contributed by atoms with E-state index in [1.807, 2.05) is 0 Å². The lowest BCUT2D eigenvalue weighted by molar-refractivity contribution is -0.135. The van der Waals surface area contributed by atoms with Crippen LogP contribution >= 0.6 is 0 Å². The van der Waals surface area contributed by atoms with Gasteiger partial charge in [0.2, 0.25) is 11.8 Å². The Morgan fingerprint density at radius 2 is 1.86 bits per heavy atom. The second-order valence-corrected chi connectivity index (χ2v) is 19.2. The average molecular weight is 922 g/mol. The highest BCUT2D eigenvalue weighted by molar-refractivity contribution is 7.91. The van der Waals surface area contributed by atoms with Crippen molar-refractivity contribution < 1.29 is 40.7 Å². The minimum Gasteiger partial charge on any atom is -0.362 e. The maximum atomic E-state index is 15.5. The summed E-state index contributed by atoms with van der Waals surface area (Å²) < 4.78 is 77.9. The molecule has 1 saturated carbocycles. The number of rotatable bonds is 10. The Morgan fingerprint density at radius 1 is 1.09 bits per heavy atom. The summed E-state index contributed by atoms with van der Waals surface area (Å²) in [4.78, 5) is 59.1. The molecule has 3 amide bonds. The van der Waals surface area contributed by atoms with Gasteiger partial charge >= 0.3 is 5.69 Å². The van der Waals surface area contributed by atoms with E-state index in [4.69, 9.17) is 10.1 Å². The molecule has 1 aromatic carbocycles. The normalized spacial score (nSPS) is 25.6. The SMILES string of the molecule is Cn1c(=O)n(C2CCC(=O)NC2=O)c2cccc(C#CCO[C@H]3CCN(C[C@H]4CC[C@H](n5cc(NC(=O)/C(C=N)=C6\N=C(N7CCS(=O)(=O)CC7)C=CN6)c(C(F)F)n5)CC4)C[C@H]3F)c21. The summed E-state index contributed by atoms with van der Waals surface area (Å²) in [5, 5.41) is 19.7. The highest BCUT2D eigenvalue weighted by atomic mass is 32.2. The number of carbonyl (C=O) groups is 3. The molecule has 18 nitrogen and oxygen atoms in total. The number of aryl methyl sites for hydroxylation is 1. The molecule has 4 aliphatic heterocycles. The molecule has 3 atom stereocenters. The summed E-state index contributed by atoms with van der Waals surface area (Å²) in [6, 6.07) is 4.21. The van der Waals surface area contributed by atoms with E-state index in [1.165, 1.54) is 26.2 Å². The number of nitrogens with one attached hydrogen (secondary N) is 4. The van der Waals surface area contributed by atoms with Gasteiger partial charge in [0, 0.05) is 64.8 Å². The van der Waals surface area contributed by atoms with Gasteiger partial charge in [-0.3, -0.25) is 38.4 Å². The second-order valence-electron chi connectivity index (χ2n) is 16.9. The number of ether oxygens (including phenoxy) is 1. The zero-order valence-corrected chi connectivity index (χ0v) is 36.5. The van der Waals surface area contributed by atoms with Crippen molar-refractivity contribution in [2.24, 2.45) is 18.0 Å². The first-order valence-corrected chi connectivity index (χ1v) is 23.4. The number of benzene rings is 1. The Kier molecular flexibility index (Phi) is 13.4. The van der Waals surface area contributed by atoms with Gasteiger partial charge in [-0.15, -0.1) is 0 Å². The molecule has 3 saturated heterocycles. The number of alkyl halides is 3. The molecule has 8 rings (SSSR count). The molecule has 5 aliphatic rings. The van der Waals surface area contributed by atoms with Crippen LogP contribution < -0.4 is 21.6 Å². The van der Waals surface area contributed by atoms with E-state index in [-0.39, 0.29) is 85.5 Å². The maximum absolute atomic E-state index is 15.5. The van der Waals surface area contributed by atoms with E-state index in [2.05, 4.69) is 42.8 Å². The first-order valence-electron chi connectivity index (χ1n) is 21.6. The minimum absolute atomic E-state index is 0.0112. The van der Waals surface area contributed by atoms with E-state index in [9.17, 15) is 36.4 Å². The van der Waals surface area contributed by atoms with E-state index in [0.29, 0.717) is 54.8 Å². The van der Waals surface area contributed by atoms with Gasteiger partial charge in [-0.2, -0.15) is 5.10 Å². The van der Waals surface area contributed by atoms with Crippen molar-refractivity contribution in [2.75, 3.05) is 56.2 Å². The molecule has 2 aromatic heterocycles. The quantitative estimate of drug-likeness (QED) is 0.100. The van der Waals surface area contributed by atoms with E-state index in [0.717, 1.165) is 19.1 Å². The number of likely N-dealkylation sites (tertiary alicyclic amines) is 1. The Morgan fingerprint density at radius 3 is 2.57 bits per heavy atom. The predicted octanol–water partition coefficient (Wildman–Crippen LogP) is 2.71. The largest absolute Gasteiger partial charge is 0.362 e. The summed E-state index contributed by atoms with van der Waals surface area (Å²) in [5.41, 5.74) is 0.213. The van der Waals surface area contributed by atoms with Gasteiger partial charge in [0.25, 0.3) is 12.3 Å². The van der Waals surface area contributed by atoms with Crippen LogP contribution in [-0.2, 0) is 36.0 Å². The van der Waals surface area contributed by atoms with E-state index >= 15 is 4.39 Å². The molecule has 4 fully saturated rings. The van der Waals surface area contributed by atoms with Gasteiger partial charge < -0.3 is 25.7 Å². The summed E-state index contributed by atoms with van der Waals surface area (Å²) >= 11 is 0. The summed E-state index contributed by atoms with van der Waals surface area (Å²) in [5.74, 6) is 4.85. The summed E-state index contributed by atoms with van der Waals surface area (Å²) in [6.45, 7) is 1.91. The van der Waals surface area contributed by atoms with Crippen molar-refractivity contribution in [3.8, 4) is 11.8 Å². The van der Waals surface area contributed by atoms with Gasteiger partial charge in [0.15, 0.2) is 15.5 Å². The number of amidine groups is 1. The number of aromatic nitrogens is 4. The van der Waals surface area contributed by atoms with Gasteiger partial charge in [-0.05, 0) is 62.7 Å². The van der Waals surface area contributed by atoms with Crippen LogP contribution in [0.5, 0.6) is 0 Å². The van der Waals surface area contributed by atoms with Crippen LogP contribution in [-0.4, -0.2) is 130 Å². The fourth-order valence-electron chi connectivity index (χ4n) is 9.22. The Hall–Kier alpha value is -6.05. The fraction of sp³-hybridized carbons (Fsp3) is 0.512. The number of hydrogen-bond acceptors (Lipinski definition) is 13. The molecule has 3 aromatic rings. The highest BCUT2D eigenvalue weighted by Crippen LogP contribution is 2.36. The topological polar surface area (TPSA) is 218 Å². The second kappa shape index (κ2) is 19.2. The molecule has 1 aliphatic carbocycles. The van der Waals surface area contributed by atoms with Crippen LogP contribution in [0.1, 0.15) is 74.7 Å². The fourth-order valence-corrected chi connectivity index (χ4v) is 10.4. The van der Waals surface area contributed by atoms with Gasteiger partial charge in [-0.25, -0.2) is 31.4 Å².